The third-order valence-corrected chi connectivity index (χ3v) is 3.87. The third kappa shape index (κ3) is 2.04. The lowest BCUT2D eigenvalue weighted by atomic mass is 10.1. The molecule has 1 amide bonds. The van der Waals surface area contributed by atoms with Gasteiger partial charge in [0.05, 0.1) is 12.3 Å². The Morgan fingerprint density at radius 1 is 1.37 bits per heavy atom. The van der Waals surface area contributed by atoms with Gasteiger partial charge >= 0.3 is 6.09 Å². The van der Waals surface area contributed by atoms with Crippen LogP contribution in [0.25, 0.3) is 0 Å². The maximum Gasteiger partial charge on any atom is 0.411 e. The highest BCUT2D eigenvalue weighted by molar-refractivity contribution is 5.88. The smallest absolute Gasteiger partial charge is 0.411 e. The van der Waals surface area contributed by atoms with E-state index in [1.807, 2.05) is 12.1 Å². The van der Waals surface area contributed by atoms with Crippen LogP contribution in [0, 0.1) is 0 Å². The summed E-state index contributed by atoms with van der Waals surface area (Å²) in [4.78, 5) is 12.3. The molecule has 0 atom stereocenters. The van der Waals surface area contributed by atoms with Crippen molar-refractivity contribution in [2.45, 2.75) is 38.1 Å². The van der Waals surface area contributed by atoms with E-state index in [4.69, 9.17) is 14.6 Å². The fraction of sp³-hybridized carbons (Fsp3) is 0.500. The fourth-order valence-electron chi connectivity index (χ4n) is 2.75. The molecule has 3 rings (SSSR count). The SMILES string of the molecule is CN(C(=O)O)c1cccc2c1OC1(CCCC1)OC2. The maximum atomic E-state index is 11.1. The van der Waals surface area contributed by atoms with Crippen molar-refractivity contribution < 1.29 is 19.4 Å². The molecule has 1 saturated carbocycles. The van der Waals surface area contributed by atoms with Gasteiger partial charge in [-0.25, -0.2) is 4.79 Å². The Hall–Kier alpha value is -1.75. The lowest BCUT2D eigenvalue weighted by Gasteiger charge is -2.37. The van der Waals surface area contributed by atoms with Gasteiger partial charge in [-0.05, 0) is 18.9 Å². The summed E-state index contributed by atoms with van der Waals surface area (Å²) in [5, 5.41) is 9.13. The summed E-state index contributed by atoms with van der Waals surface area (Å²) in [5.74, 6) is 0.114. The Balaban J connectivity index is 1.99. The highest BCUT2D eigenvalue weighted by atomic mass is 16.7. The second-order valence-electron chi connectivity index (χ2n) is 5.12. The molecule has 5 heteroatoms. The van der Waals surface area contributed by atoms with Crippen molar-refractivity contribution >= 4 is 11.8 Å². The van der Waals surface area contributed by atoms with Gasteiger partial charge in [0.25, 0.3) is 0 Å². The van der Waals surface area contributed by atoms with Crippen LogP contribution in [0.3, 0.4) is 0 Å². The third-order valence-electron chi connectivity index (χ3n) is 3.87. The molecule has 5 nitrogen and oxygen atoms in total. The van der Waals surface area contributed by atoms with Crippen LogP contribution < -0.4 is 9.64 Å². The van der Waals surface area contributed by atoms with Crippen LogP contribution in [0.4, 0.5) is 10.5 Å². The first kappa shape index (κ1) is 12.3. The predicted molar refractivity (Wildman–Crippen MR) is 69.5 cm³/mol. The number of hydrogen-bond donors (Lipinski definition) is 1. The van der Waals surface area contributed by atoms with E-state index < -0.39 is 11.9 Å². The lowest BCUT2D eigenvalue weighted by molar-refractivity contribution is -0.200. The zero-order valence-electron chi connectivity index (χ0n) is 10.9. The molecule has 1 N–H and O–H groups in total. The summed E-state index contributed by atoms with van der Waals surface area (Å²) in [6.45, 7) is 0.483. The average molecular weight is 263 g/mol. The molecular formula is C14H17NO4. The minimum Gasteiger partial charge on any atom is -0.465 e. The zero-order chi connectivity index (χ0) is 13.5. The van der Waals surface area contributed by atoms with Crippen molar-refractivity contribution in [1.29, 1.82) is 0 Å². The Morgan fingerprint density at radius 2 is 2.11 bits per heavy atom. The van der Waals surface area contributed by atoms with Crippen LogP contribution >= 0.6 is 0 Å². The number of nitrogens with zero attached hydrogens (tertiary/aromatic N) is 1. The molecule has 1 aromatic carbocycles. The zero-order valence-corrected chi connectivity index (χ0v) is 10.9. The number of ether oxygens (including phenoxy) is 2. The summed E-state index contributed by atoms with van der Waals surface area (Å²) in [7, 11) is 1.53. The maximum absolute atomic E-state index is 11.1. The second-order valence-corrected chi connectivity index (χ2v) is 5.12. The number of hydrogen-bond acceptors (Lipinski definition) is 3. The Morgan fingerprint density at radius 3 is 2.79 bits per heavy atom. The van der Waals surface area contributed by atoms with Gasteiger partial charge in [0, 0.05) is 25.5 Å². The number of fused-ring (bicyclic) bond motifs is 1. The van der Waals surface area contributed by atoms with Gasteiger partial charge in [-0.1, -0.05) is 12.1 Å². The van der Waals surface area contributed by atoms with Crippen LogP contribution in [0.15, 0.2) is 18.2 Å². The first-order valence-electron chi connectivity index (χ1n) is 6.53. The topological polar surface area (TPSA) is 59.0 Å². The first-order chi connectivity index (χ1) is 9.11. The number of benzene rings is 1. The first-order valence-corrected chi connectivity index (χ1v) is 6.53. The average Bonchev–Trinajstić information content (AvgIpc) is 2.85. The number of amides is 1. The van der Waals surface area contributed by atoms with E-state index in [9.17, 15) is 4.79 Å². The molecule has 1 heterocycles. The van der Waals surface area contributed by atoms with Gasteiger partial charge in [-0.15, -0.1) is 0 Å². The summed E-state index contributed by atoms with van der Waals surface area (Å²) >= 11 is 0. The van der Waals surface area contributed by atoms with Crippen LogP contribution in [-0.2, 0) is 11.3 Å². The van der Waals surface area contributed by atoms with E-state index in [1.54, 1.807) is 6.07 Å². The molecule has 0 radical (unpaired) electrons. The van der Waals surface area contributed by atoms with E-state index in [-0.39, 0.29) is 0 Å². The Labute approximate surface area is 111 Å². The highest BCUT2D eigenvalue weighted by Crippen LogP contribution is 2.44. The normalized spacial score (nSPS) is 19.8. The van der Waals surface area contributed by atoms with Gasteiger partial charge < -0.3 is 14.6 Å². The van der Waals surface area contributed by atoms with E-state index in [2.05, 4.69) is 0 Å². The van der Waals surface area contributed by atoms with Gasteiger partial charge in [-0.3, -0.25) is 4.90 Å². The molecule has 0 bridgehead atoms. The molecule has 1 fully saturated rings. The largest absolute Gasteiger partial charge is 0.465 e. The van der Waals surface area contributed by atoms with Crippen molar-refractivity contribution in [3.05, 3.63) is 23.8 Å². The molecule has 1 spiro atoms. The van der Waals surface area contributed by atoms with E-state index in [0.717, 1.165) is 31.2 Å². The molecule has 1 aromatic rings. The van der Waals surface area contributed by atoms with Crippen molar-refractivity contribution in [2.75, 3.05) is 11.9 Å². The minimum atomic E-state index is -0.996. The van der Waals surface area contributed by atoms with Crippen LogP contribution in [0.1, 0.15) is 31.2 Å². The molecule has 19 heavy (non-hydrogen) atoms. The molecule has 0 saturated heterocycles. The van der Waals surface area contributed by atoms with E-state index in [0.29, 0.717) is 18.0 Å². The van der Waals surface area contributed by atoms with Crippen LogP contribution in [-0.4, -0.2) is 24.0 Å². The highest BCUT2D eigenvalue weighted by Gasteiger charge is 2.41. The Kier molecular flexibility index (Phi) is 2.86. The molecule has 0 aromatic heterocycles. The van der Waals surface area contributed by atoms with Gasteiger partial charge in [0.2, 0.25) is 5.79 Å². The standard InChI is InChI=1S/C14H17NO4/c1-15(13(16)17)11-6-4-5-10-9-18-14(19-12(10)11)7-2-3-8-14/h4-6H,2-3,7-9H2,1H3,(H,16,17). The fourth-order valence-corrected chi connectivity index (χ4v) is 2.75. The molecule has 1 aliphatic carbocycles. The minimum absolute atomic E-state index is 0.483. The monoisotopic (exact) mass is 263 g/mol. The summed E-state index contributed by atoms with van der Waals surface area (Å²) < 4.78 is 11.9. The summed E-state index contributed by atoms with van der Waals surface area (Å²) in [6, 6.07) is 5.50. The van der Waals surface area contributed by atoms with Crippen molar-refractivity contribution in [3.63, 3.8) is 0 Å². The van der Waals surface area contributed by atoms with Crippen LogP contribution in [0.5, 0.6) is 5.75 Å². The molecule has 102 valence electrons. The van der Waals surface area contributed by atoms with Crippen molar-refractivity contribution in [3.8, 4) is 5.75 Å². The van der Waals surface area contributed by atoms with Crippen LogP contribution in [0.2, 0.25) is 0 Å². The summed E-state index contributed by atoms with van der Waals surface area (Å²) in [5.41, 5.74) is 1.49. The number of rotatable bonds is 1. The molecule has 0 unspecified atom stereocenters. The number of carboxylic acid groups (broad SMARTS) is 1. The lowest BCUT2D eigenvalue weighted by Crippen LogP contribution is -2.40. The second kappa shape index (κ2) is 4.42. The molecule has 2 aliphatic rings. The molecule has 1 aliphatic heterocycles. The number of carbonyl (C=O) groups is 1. The number of para-hydroxylation sites is 1. The quantitative estimate of drug-likeness (QED) is 0.846. The number of anilines is 1. The van der Waals surface area contributed by atoms with Crippen molar-refractivity contribution in [1.82, 2.24) is 0 Å². The Bertz CT molecular complexity index is 508. The molecular weight excluding hydrogens is 246 g/mol. The van der Waals surface area contributed by atoms with Gasteiger partial charge in [-0.2, -0.15) is 0 Å². The van der Waals surface area contributed by atoms with E-state index >= 15 is 0 Å². The van der Waals surface area contributed by atoms with E-state index in [1.165, 1.54) is 11.9 Å². The summed E-state index contributed by atoms with van der Waals surface area (Å²) in [6.07, 6.45) is 2.93. The predicted octanol–water partition coefficient (Wildman–Crippen LogP) is 2.98. The van der Waals surface area contributed by atoms with Gasteiger partial charge in [0.1, 0.15) is 0 Å². The van der Waals surface area contributed by atoms with Gasteiger partial charge in [0.15, 0.2) is 5.75 Å². The van der Waals surface area contributed by atoms with Crippen molar-refractivity contribution in [2.24, 2.45) is 0 Å².